The second-order valence-corrected chi connectivity index (χ2v) is 1.44. The molecule has 5 heteroatoms. The molecule has 0 aliphatic carbocycles. The molecule has 0 saturated heterocycles. The van der Waals surface area contributed by atoms with E-state index in [0.717, 1.165) is 0 Å². The monoisotopic (exact) mass is 160 g/mol. The van der Waals surface area contributed by atoms with Crippen LogP contribution in [0, 0.1) is 0 Å². The van der Waals surface area contributed by atoms with Gasteiger partial charge in [-0.1, -0.05) is 0 Å². The first-order valence-electron chi connectivity index (χ1n) is 2.30. The number of hydrogen-bond acceptors (Lipinski definition) is 3. The van der Waals surface area contributed by atoms with Gasteiger partial charge >= 0.3 is 5.97 Å². The van der Waals surface area contributed by atoms with E-state index in [1.165, 1.54) is 18.5 Å². The minimum atomic E-state index is -0.982. The maximum absolute atomic E-state index is 10.1. The van der Waals surface area contributed by atoms with E-state index in [-0.39, 0.29) is 18.0 Å². The Labute approximate surface area is 63.3 Å². The van der Waals surface area contributed by atoms with Crippen LogP contribution in [0.2, 0.25) is 0 Å². The van der Waals surface area contributed by atoms with Crippen molar-refractivity contribution in [2.45, 2.75) is 0 Å². The van der Waals surface area contributed by atoms with E-state index in [4.69, 9.17) is 5.11 Å². The summed E-state index contributed by atoms with van der Waals surface area (Å²) >= 11 is 0. The summed E-state index contributed by atoms with van der Waals surface area (Å²) in [5, 5.41) is 15.1. The molecule has 0 radical (unpaired) electrons. The molecular weight excluding hydrogens is 156 g/mol. The van der Waals surface area contributed by atoms with Gasteiger partial charge in [-0.05, 0) is 6.07 Å². The zero-order valence-electron chi connectivity index (χ0n) is 4.89. The molecule has 54 valence electrons. The minimum Gasteiger partial charge on any atom is -0.478 e. The number of carbonyl (C=O) groups is 1. The Morgan fingerprint density at radius 3 is 2.50 bits per heavy atom. The average Bonchev–Trinajstić information content (AvgIpc) is 1.90. The smallest absolute Gasteiger partial charge is 0.337 e. The van der Waals surface area contributed by atoms with Gasteiger partial charge in [-0.25, -0.2) is 4.79 Å². The molecule has 0 aliphatic heterocycles. The highest BCUT2D eigenvalue weighted by atomic mass is 35.5. The van der Waals surface area contributed by atoms with E-state index in [1.54, 1.807) is 0 Å². The molecule has 0 aliphatic rings. The minimum absolute atomic E-state index is 0. The summed E-state index contributed by atoms with van der Waals surface area (Å²) < 4.78 is 0. The third kappa shape index (κ3) is 1.99. The van der Waals surface area contributed by atoms with Gasteiger partial charge in [-0.3, -0.25) is 0 Å². The number of carboxylic acids is 1. The summed E-state index contributed by atoms with van der Waals surface area (Å²) in [5.41, 5.74) is 0.157. The Kier molecular flexibility index (Phi) is 3.35. The van der Waals surface area contributed by atoms with Crippen LogP contribution in [0.4, 0.5) is 0 Å². The first-order valence-corrected chi connectivity index (χ1v) is 2.30. The normalized spacial score (nSPS) is 8.00. The standard InChI is InChI=1S/C5H4N2O2.ClH/c8-5(9)4-1-2-6-7-3-4;/h1-3H,(H,8,9);1H. The van der Waals surface area contributed by atoms with E-state index in [0.29, 0.717) is 0 Å². The predicted molar refractivity (Wildman–Crippen MR) is 36.2 cm³/mol. The highest BCUT2D eigenvalue weighted by Gasteiger charge is 1.98. The SMILES string of the molecule is Cl.O=C(O)c1ccnnc1. The summed E-state index contributed by atoms with van der Waals surface area (Å²) in [4.78, 5) is 10.1. The van der Waals surface area contributed by atoms with Crippen molar-refractivity contribution in [1.82, 2.24) is 10.2 Å². The number of aromatic carboxylic acids is 1. The molecule has 1 aromatic rings. The zero-order chi connectivity index (χ0) is 6.69. The number of halogens is 1. The highest BCUT2D eigenvalue weighted by molar-refractivity contribution is 5.86. The molecule has 10 heavy (non-hydrogen) atoms. The van der Waals surface area contributed by atoms with Crippen LogP contribution in [0.25, 0.3) is 0 Å². The van der Waals surface area contributed by atoms with E-state index in [2.05, 4.69) is 10.2 Å². The van der Waals surface area contributed by atoms with Crippen molar-refractivity contribution < 1.29 is 9.90 Å². The lowest BCUT2D eigenvalue weighted by Gasteiger charge is -1.86. The van der Waals surface area contributed by atoms with Gasteiger partial charge in [-0.15, -0.1) is 12.4 Å². The van der Waals surface area contributed by atoms with Crippen LogP contribution in [0.3, 0.4) is 0 Å². The number of rotatable bonds is 1. The molecule has 0 unspecified atom stereocenters. The summed E-state index contributed by atoms with van der Waals surface area (Å²) in [5.74, 6) is -0.982. The van der Waals surface area contributed by atoms with Gasteiger partial charge in [0, 0.05) is 0 Å². The lowest BCUT2D eigenvalue weighted by molar-refractivity contribution is 0.0696. The third-order valence-electron chi connectivity index (χ3n) is 0.831. The lowest BCUT2D eigenvalue weighted by Crippen LogP contribution is -1.96. The van der Waals surface area contributed by atoms with Gasteiger partial charge in [0.2, 0.25) is 0 Å². The molecule has 0 saturated carbocycles. The van der Waals surface area contributed by atoms with Gasteiger partial charge in [0.05, 0.1) is 18.0 Å². The molecule has 4 nitrogen and oxygen atoms in total. The number of carboxylic acid groups (broad SMARTS) is 1. The van der Waals surface area contributed by atoms with Crippen LogP contribution < -0.4 is 0 Å². The Morgan fingerprint density at radius 2 is 2.20 bits per heavy atom. The summed E-state index contributed by atoms with van der Waals surface area (Å²) in [6, 6.07) is 1.38. The molecule has 1 N–H and O–H groups in total. The molecule has 1 aromatic heterocycles. The summed E-state index contributed by atoms with van der Waals surface area (Å²) in [6.07, 6.45) is 2.53. The average molecular weight is 161 g/mol. The summed E-state index contributed by atoms with van der Waals surface area (Å²) in [7, 11) is 0. The highest BCUT2D eigenvalue weighted by Crippen LogP contribution is 1.90. The molecule has 0 aromatic carbocycles. The Hall–Kier alpha value is -1.16. The third-order valence-corrected chi connectivity index (χ3v) is 0.831. The fourth-order valence-electron chi connectivity index (χ4n) is 0.417. The number of nitrogens with zero attached hydrogens (tertiary/aromatic N) is 2. The van der Waals surface area contributed by atoms with Gasteiger partial charge < -0.3 is 5.11 Å². The topological polar surface area (TPSA) is 63.1 Å². The lowest BCUT2D eigenvalue weighted by atomic mass is 10.3. The van der Waals surface area contributed by atoms with Crippen LogP contribution in [-0.2, 0) is 0 Å². The van der Waals surface area contributed by atoms with Crippen molar-refractivity contribution in [3.05, 3.63) is 24.0 Å². The largest absolute Gasteiger partial charge is 0.478 e. The van der Waals surface area contributed by atoms with Gasteiger partial charge in [0.25, 0.3) is 0 Å². The Balaban J connectivity index is 0.000000810. The predicted octanol–water partition coefficient (Wildman–Crippen LogP) is 0.597. The van der Waals surface area contributed by atoms with E-state index in [9.17, 15) is 4.79 Å². The van der Waals surface area contributed by atoms with Crippen LogP contribution in [0.15, 0.2) is 18.5 Å². The quantitative estimate of drug-likeness (QED) is 0.654. The van der Waals surface area contributed by atoms with Crippen molar-refractivity contribution >= 4 is 18.4 Å². The van der Waals surface area contributed by atoms with Crippen molar-refractivity contribution in [3.63, 3.8) is 0 Å². The van der Waals surface area contributed by atoms with Crippen LogP contribution in [-0.4, -0.2) is 21.3 Å². The molecular formula is C5H5ClN2O2. The van der Waals surface area contributed by atoms with Crippen LogP contribution in [0.5, 0.6) is 0 Å². The van der Waals surface area contributed by atoms with Crippen LogP contribution >= 0.6 is 12.4 Å². The maximum atomic E-state index is 10.1. The van der Waals surface area contributed by atoms with Gasteiger partial charge in [0.15, 0.2) is 0 Å². The van der Waals surface area contributed by atoms with E-state index >= 15 is 0 Å². The van der Waals surface area contributed by atoms with E-state index in [1.807, 2.05) is 0 Å². The molecule has 0 amide bonds. The van der Waals surface area contributed by atoms with Gasteiger partial charge in [-0.2, -0.15) is 10.2 Å². The first kappa shape index (κ1) is 8.84. The van der Waals surface area contributed by atoms with Crippen LogP contribution in [0.1, 0.15) is 10.4 Å². The fourth-order valence-corrected chi connectivity index (χ4v) is 0.417. The Bertz CT molecular complexity index is 214. The Morgan fingerprint density at radius 1 is 1.50 bits per heavy atom. The zero-order valence-corrected chi connectivity index (χ0v) is 5.71. The fraction of sp³-hybridized carbons (Fsp3) is 0. The first-order chi connectivity index (χ1) is 4.30. The van der Waals surface area contributed by atoms with Crippen molar-refractivity contribution in [3.8, 4) is 0 Å². The molecule has 0 fully saturated rings. The maximum Gasteiger partial charge on any atom is 0.337 e. The van der Waals surface area contributed by atoms with Crippen molar-refractivity contribution in [2.24, 2.45) is 0 Å². The summed E-state index contributed by atoms with van der Waals surface area (Å²) in [6.45, 7) is 0. The molecule has 0 spiro atoms. The molecule has 1 heterocycles. The molecule has 0 atom stereocenters. The number of aromatic nitrogens is 2. The van der Waals surface area contributed by atoms with Crippen molar-refractivity contribution in [2.75, 3.05) is 0 Å². The second kappa shape index (κ2) is 3.79. The van der Waals surface area contributed by atoms with Gasteiger partial charge in [0.1, 0.15) is 0 Å². The molecule has 1 rings (SSSR count). The second-order valence-electron chi connectivity index (χ2n) is 1.44. The number of hydrogen-bond donors (Lipinski definition) is 1. The van der Waals surface area contributed by atoms with E-state index < -0.39 is 5.97 Å². The molecule has 0 bridgehead atoms. The van der Waals surface area contributed by atoms with Crippen molar-refractivity contribution in [1.29, 1.82) is 0 Å².